The lowest BCUT2D eigenvalue weighted by molar-refractivity contribution is -0.149. The molecule has 2 aromatic carbocycles. The number of alkyl carbamates (subject to hydrolysis) is 1. The number of nitrogens with one attached hydrogen (secondary N) is 3. The summed E-state index contributed by atoms with van der Waals surface area (Å²) in [6.45, 7) is 6.78. The topological polar surface area (TPSA) is 167 Å². The van der Waals surface area contributed by atoms with Crippen molar-refractivity contribution >= 4 is 40.6 Å². The van der Waals surface area contributed by atoms with Crippen molar-refractivity contribution in [2.75, 3.05) is 27.3 Å². The van der Waals surface area contributed by atoms with Crippen LogP contribution in [0, 0.1) is 11.8 Å². The third kappa shape index (κ3) is 8.19. The van der Waals surface area contributed by atoms with E-state index in [0.29, 0.717) is 31.8 Å². The number of ketones is 1. The van der Waals surface area contributed by atoms with Gasteiger partial charge in [-0.1, -0.05) is 51.1 Å². The van der Waals surface area contributed by atoms with E-state index in [1.54, 1.807) is 16.0 Å². The van der Waals surface area contributed by atoms with E-state index in [1.807, 2.05) is 63.2 Å². The van der Waals surface area contributed by atoms with Gasteiger partial charge in [0.25, 0.3) is 0 Å². The fourth-order valence-corrected chi connectivity index (χ4v) is 7.75. The van der Waals surface area contributed by atoms with Crippen LogP contribution >= 0.6 is 0 Å². The maximum Gasteiger partial charge on any atom is 0.407 e. The first-order valence-electron chi connectivity index (χ1n) is 18.8. The van der Waals surface area contributed by atoms with Crippen LogP contribution in [-0.2, 0) is 35.1 Å². The van der Waals surface area contributed by atoms with E-state index in [1.165, 1.54) is 14.2 Å². The van der Waals surface area contributed by atoms with Gasteiger partial charge >= 0.3 is 12.1 Å². The molecule has 3 N–H and O–H groups in total. The van der Waals surface area contributed by atoms with Gasteiger partial charge in [0.15, 0.2) is 5.78 Å². The lowest BCUT2D eigenvalue weighted by Gasteiger charge is -2.29. The monoisotopic (exact) mass is 738 g/mol. The molecular formula is C41H50N6O7. The molecule has 3 amide bonds. The van der Waals surface area contributed by atoms with Gasteiger partial charge in [-0.25, -0.2) is 9.78 Å². The number of Topliss-reactive ketones (excluding diaryl/α,β-unsaturated/α-hetero) is 1. The quantitative estimate of drug-likeness (QED) is 0.141. The summed E-state index contributed by atoms with van der Waals surface area (Å²) in [6.07, 6.45) is 4.82. The largest absolute Gasteiger partial charge is 0.469 e. The van der Waals surface area contributed by atoms with Gasteiger partial charge in [0.1, 0.15) is 11.9 Å². The summed E-state index contributed by atoms with van der Waals surface area (Å²) >= 11 is 0. The Morgan fingerprint density at radius 2 is 1.57 bits per heavy atom. The first-order chi connectivity index (χ1) is 26.0. The number of methoxy groups -OCH3 is 2. The van der Waals surface area contributed by atoms with Crippen molar-refractivity contribution in [3.05, 3.63) is 66.1 Å². The van der Waals surface area contributed by atoms with Gasteiger partial charge in [0.2, 0.25) is 11.8 Å². The fourth-order valence-electron chi connectivity index (χ4n) is 7.75. The SMILES string of the molecule is CC[C@H](NC(=O)OC)C(=O)N1CCC[C@H]1c1ncc(-c2ccc(-c3cc4cc(CC(=O)[C@@H]5CCCN5C(=O)[C@@H](CC(=O)OC)C(C)C)ccc4[nH]3)cc2)[nH]1. The van der Waals surface area contributed by atoms with Crippen molar-refractivity contribution in [3.63, 3.8) is 0 Å². The van der Waals surface area contributed by atoms with E-state index in [0.717, 1.165) is 58.2 Å². The van der Waals surface area contributed by atoms with Crippen molar-refractivity contribution in [2.45, 2.75) is 83.8 Å². The van der Waals surface area contributed by atoms with Crippen molar-refractivity contribution in [2.24, 2.45) is 11.8 Å². The number of imidazole rings is 1. The van der Waals surface area contributed by atoms with Crippen LogP contribution in [0.1, 0.15) is 76.7 Å². The van der Waals surface area contributed by atoms with Crippen LogP contribution in [-0.4, -0.2) is 93.8 Å². The Balaban J connectivity index is 1.11. The molecule has 4 atom stereocenters. The van der Waals surface area contributed by atoms with Crippen LogP contribution in [0.4, 0.5) is 4.79 Å². The maximum absolute atomic E-state index is 13.6. The second kappa shape index (κ2) is 16.7. The van der Waals surface area contributed by atoms with Crippen molar-refractivity contribution in [1.82, 2.24) is 30.1 Å². The first-order valence-corrected chi connectivity index (χ1v) is 18.8. The smallest absolute Gasteiger partial charge is 0.407 e. The highest BCUT2D eigenvalue weighted by Gasteiger charge is 2.39. The number of H-pyrrole nitrogens is 2. The summed E-state index contributed by atoms with van der Waals surface area (Å²) < 4.78 is 9.53. The second-order valence-electron chi connectivity index (χ2n) is 14.6. The molecule has 0 radical (unpaired) electrons. The fraction of sp³-hybridized carbons (Fsp3) is 0.463. The molecule has 0 unspecified atom stereocenters. The van der Waals surface area contributed by atoms with Gasteiger partial charge in [-0.05, 0) is 72.9 Å². The highest BCUT2D eigenvalue weighted by atomic mass is 16.5. The van der Waals surface area contributed by atoms with E-state index in [4.69, 9.17) is 9.47 Å². The Morgan fingerprint density at radius 1 is 0.870 bits per heavy atom. The number of amides is 3. The van der Waals surface area contributed by atoms with Gasteiger partial charge in [0, 0.05) is 36.1 Å². The average Bonchev–Trinajstić information content (AvgIpc) is 4.01. The molecule has 4 aromatic rings. The van der Waals surface area contributed by atoms with Gasteiger partial charge in [-0.15, -0.1) is 0 Å². The molecule has 4 heterocycles. The number of fused-ring (bicyclic) bond motifs is 1. The Morgan fingerprint density at radius 3 is 2.26 bits per heavy atom. The standard InChI is InChI=1S/C41H50N6O7/c1-6-30(45-41(52)54-5)40(51)47-18-8-10-35(47)38-42-23-33(44-38)27-14-12-26(13-15-27)32-21-28-19-25(11-16-31(28)43-32)20-36(48)34-9-7-17-46(34)39(50)29(24(2)3)22-37(49)53-4/h11-16,19,21,23-24,29-30,34-35,43H,6-10,17-18,20,22H2,1-5H3,(H,42,44)(H,45,52)/t29-,30-,34-,35-/m0/s1. The number of likely N-dealkylation sites (tertiary alicyclic amines) is 2. The molecular weight excluding hydrogens is 688 g/mol. The molecule has 2 aliphatic heterocycles. The molecule has 2 fully saturated rings. The number of benzene rings is 2. The summed E-state index contributed by atoms with van der Waals surface area (Å²) in [5, 5.41) is 3.62. The highest BCUT2D eigenvalue weighted by molar-refractivity contribution is 5.94. The minimum atomic E-state index is -0.664. The van der Waals surface area contributed by atoms with Crippen LogP contribution < -0.4 is 5.32 Å². The third-order valence-corrected chi connectivity index (χ3v) is 10.8. The molecule has 0 saturated carbocycles. The first kappa shape index (κ1) is 38.3. The summed E-state index contributed by atoms with van der Waals surface area (Å²) in [4.78, 5) is 79.2. The van der Waals surface area contributed by atoms with Gasteiger partial charge in [0.05, 0.1) is 50.5 Å². The Kier molecular flexibility index (Phi) is 11.8. The Labute approximate surface area is 315 Å². The minimum Gasteiger partial charge on any atom is -0.469 e. The number of hydrogen-bond donors (Lipinski definition) is 3. The molecule has 286 valence electrons. The molecule has 0 spiro atoms. The summed E-state index contributed by atoms with van der Waals surface area (Å²) in [7, 11) is 2.60. The van der Waals surface area contributed by atoms with Gasteiger partial charge in [-0.3, -0.25) is 19.2 Å². The Bertz CT molecular complexity index is 2000. The van der Waals surface area contributed by atoms with Crippen molar-refractivity contribution in [1.29, 1.82) is 0 Å². The molecule has 6 rings (SSSR count). The lowest BCUT2D eigenvalue weighted by atomic mass is 9.90. The normalized spacial score (nSPS) is 18.2. The number of aromatic amines is 2. The Hall–Kier alpha value is -5.46. The van der Waals surface area contributed by atoms with Gasteiger partial charge in [-0.2, -0.15) is 0 Å². The third-order valence-electron chi connectivity index (χ3n) is 10.8. The van der Waals surface area contributed by atoms with Crippen LogP contribution in [0.25, 0.3) is 33.4 Å². The van der Waals surface area contributed by atoms with E-state index < -0.39 is 30.1 Å². The second-order valence-corrected chi connectivity index (χ2v) is 14.6. The molecule has 0 bridgehead atoms. The zero-order valence-electron chi connectivity index (χ0n) is 31.6. The maximum atomic E-state index is 13.6. The minimum absolute atomic E-state index is 0.00190. The average molecular weight is 739 g/mol. The number of nitrogens with zero attached hydrogens (tertiary/aromatic N) is 3. The molecule has 13 heteroatoms. The number of rotatable bonds is 13. The predicted molar refractivity (Wildman–Crippen MR) is 203 cm³/mol. The zero-order chi connectivity index (χ0) is 38.5. The van der Waals surface area contributed by atoms with E-state index >= 15 is 0 Å². The lowest BCUT2D eigenvalue weighted by Crippen LogP contribution is -2.48. The van der Waals surface area contributed by atoms with E-state index in [9.17, 15) is 24.0 Å². The molecule has 54 heavy (non-hydrogen) atoms. The number of carbonyl (C=O) groups is 5. The molecule has 2 aromatic heterocycles. The number of esters is 1. The summed E-state index contributed by atoms with van der Waals surface area (Å²) in [6, 6.07) is 14.8. The molecule has 2 aliphatic rings. The van der Waals surface area contributed by atoms with Crippen LogP contribution in [0.5, 0.6) is 0 Å². The van der Waals surface area contributed by atoms with Gasteiger partial charge < -0.3 is 34.6 Å². The molecule has 2 saturated heterocycles. The van der Waals surface area contributed by atoms with Crippen LogP contribution in [0.2, 0.25) is 0 Å². The van der Waals surface area contributed by atoms with E-state index in [-0.39, 0.29) is 42.4 Å². The highest BCUT2D eigenvalue weighted by Crippen LogP contribution is 2.34. The number of ether oxygens (including phenoxy) is 2. The molecule has 0 aliphatic carbocycles. The van der Waals surface area contributed by atoms with Crippen LogP contribution in [0.15, 0.2) is 54.7 Å². The predicted octanol–water partition coefficient (Wildman–Crippen LogP) is 5.96. The van der Waals surface area contributed by atoms with E-state index in [2.05, 4.69) is 26.3 Å². The van der Waals surface area contributed by atoms with Crippen molar-refractivity contribution in [3.8, 4) is 22.5 Å². The number of aromatic nitrogens is 3. The van der Waals surface area contributed by atoms with Crippen LogP contribution in [0.3, 0.4) is 0 Å². The summed E-state index contributed by atoms with van der Waals surface area (Å²) in [5.41, 5.74) is 5.56. The zero-order valence-corrected chi connectivity index (χ0v) is 31.6. The summed E-state index contributed by atoms with van der Waals surface area (Å²) in [5.74, 6) is -0.592. The number of carbonyl (C=O) groups excluding carboxylic acids is 5. The van der Waals surface area contributed by atoms with Crippen molar-refractivity contribution < 1.29 is 33.4 Å². The number of hydrogen-bond acceptors (Lipinski definition) is 8. The molecule has 13 nitrogen and oxygen atoms in total.